The monoisotopic (exact) mass is 242 g/mol. The smallest absolute Gasteiger partial charge is 0.263 e. The molecule has 1 nitrogen and oxygen atoms in total. The van der Waals surface area contributed by atoms with Crippen LogP contribution in [0, 0.1) is 0 Å². The summed E-state index contributed by atoms with van der Waals surface area (Å²) in [6.45, 7) is 2.85. The Morgan fingerprint density at radius 2 is 1.65 bits per heavy atom. The Hall–Kier alpha value is -1.12. The van der Waals surface area contributed by atoms with Crippen molar-refractivity contribution in [3.63, 3.8) is 0 Å². The number of benzene rings is 1. The van der Waals surface area contributed by atoms with E-state index in [9.17, 15) is 8.78 Å². The molecule has 0 radical (unpaired) electrons. The predicted molar refractivity (Wildman–Crippen MR) is 65.7 cm³/mol. The number of rotatable bonds is 8. The SMILES string of the molecule is CCCCCCCOc1ccc(C(F)F)cc1. The first-order valence-electron chi connectivity index (χ1n) is 6.25. The van der Waals surface area contributed by atoms with Gasteiger partial charge in [-0.05, 0) is 30.7 Å². The maximum absolute atomic E-state index is 12.3. The van der Waals surface area contributed by atoms with Gasteiger partial charge in [-0.15, -0.1) is 0 Å². The Balaban J connectivity index is 2.19. The molecule has 0 unspecified atom stereocenters. The lowest BCUT2D eigenvalue weighted by Gasteiger charge is -2.06. The molecule has 17 heavy (non-hydrogen) atoms. The van der Waals surface area contributed by atoms with Crippen LogP contribution in [-0.2, 0) is 0 Å². The van der Waals surface area contributed by atoms with Gasteiger partial charge in [0.2, 0.25) is 0 Å². The van der Waals surface area contributed by atoms with Gasteiger partial charge in [0.05, 0.1) is 6.61 Å². The van der Waals surface area contributed by atoms with E-state index in [2.05, 4.69) is 6.92 Å². The van der Waals surface area contributed by atoms with Crippen molar-refractivity contribution in [2.45, 2.75) is 45.5 Å². The summed E-state index contributed by atoms with van der Waals surface area (Å²) in [7, 11) is 0. The molecule has 0 amide bonds. The van der Waals surface area contributed by atoms with Crippen LogP contribution in [0.2, 0.25) is 0 Å². The molecule has 0 aliphatic heterocycles. The van der Waals surface area contributed by atoms with Gasteiger partial charge >= 0.3 is 0 Å². The Morgan fingerprint density at radius 1 is 1.00 bits per heavy atom. The van der Waals surface area contributed by atoms with Crippen LogP contribution in [-0.4, -0.2) is 6.61 Å². The van der Waals surface area contributed by atoms with Crippen LogP contribution < -0.4 is 4.74 Å². The van der Waals surface area contributed by atoms with Crippen LogP contribution in [0.4, 0.5) is 8.78 Å². The molecule has 0 spiro atoms. The first kappa shape index (κ1) is 13.9. The van der Waals surface area contributed by atoms with Crippen molar-refractivity contribution < 1.29 is 13.5 Å². The van der Waals surface area contributed by atoms with Crippen LogP contribution in [0.5, 0.6) is 5.75 Å². The second-order valence-corrected chi connectivity index (χ2v) is 4.13. The molecule has 0 fully saturated rings. The zero-order valence-electron chi connectivity index (χ0n) is 10.3. The molecule has 0 atom stereocenters. The van der Waals surface area contributed by atoms with Gasteiger partial charge in [0.15, 0.2) is 0 Å². The van der Waals surface area contributed by atoms with Crippen molar-refractivity contribution in [3.8, 4) is 5.75 Å². The molecule has 0 aliphatic carbocycles. The van der Waals surface area contributed by atoms with Crippen LogP contribution in [0.25, 0.3) is 0 Å². The Bertz CT molecular complexity index is 296. The molecule has 0 N–H and O–H groups in total. The lowest BCUT2D eigenvalue weighted by Crippen LogP contribution is -1.97. The maximum atomic E-state index is 12.3. The van der Waals surface area contributed by atoms with Gasteiger partial charge in [0, 0.05) is 5.56 Å². The molecule has 1 aromatic carbocycles. The topological polar surface area (TPSA) is 9.23 Å². The summed E-state index contributed by atoms with van der Waals surface area (Å²) in [5.41, 5.74) is 0.0419. The van der Waals surface area contributed by atoms with E-state index in [1.807, 2.05) is 0 Å². The number of unbranched alkanes of at least 4 members (excludes halogenated alkanes) is 4. The molecule has 0 aromatic heterocycles. The molecule has 0 heterocycles. The minimum atomic E-state index is -2.40. The Labute approximate surface area is 102 Å². The number of halogens is 2. The number of hydrogen-bond donors (Lipinski definition) is 0. The van der Waals surface area contributed by atoms with E-state index >= 15 is 0 Å². The summed E-state index contributed by atoms with van der Waals surface area (Å²) in [5.74, 6) is 0.671. The normalized spacial score (nSPS) is 10.8. The van der Waals surface area contributed by atoms with Gasteiger partial charge in [-0.2, -0.15) is 0 Å². The molecule has 96 valence electrons. The molecular formula is C14H20F2O. The van der Waals surface area contributed by atoms with Crippen molar-refractivity contribution in [1.29, 1.82) is 0 Å². The van der Waals surface area contributed by atoms with Crippen molar-refractivity contribution in [2.75, 3.05) is 6.61 Å². The fraction of sp³-hybridized carbons (Fsp3) is 0.571. The highest BCUT2D eigenvalue weighted by Crippen LogP contribution is 2.21. The largest absolute Gasteiger partial charge is 0.494 e. The maximum Gasteiger partial charge on any atom is 0.263 e. The van der Waals surface area contributed by atoms with E-state index in [1.54, 1.807) is 12.1 Å². The van der Waals surface area contributed by atoms with E-state index in [0.29, 0.717) is 12.4 Å². The van der Waals surface area contributed by atoms with Crippen LogP contribution in [0.15, 0.2) is 24.3 Å². The van der Waals surface area contributed by atoms with Crippen LogP contribution in [0.1, 0.15) is 51.0 Å². The first-order valence-corrected chi connectivity index (χ1v) is 6.25. The second-order valence-electron chi connectivity index (χ2n) is 4.13. The standard InChI is InChI=1S/C14H20F2O/c1-2-3-4-5-6-11-17-13-9-7-12(8-10-13)14(15)16/h7-10,14H,2-6,11H2,1H3. The minimum Gasteiger partial charge on any atom is -0.494 e. The average molecular weight is 242 g/mol. The average Bonchev–Trinajstić information content (AvgIpc) is 2.34. The van der Waals surface area contributed by atoms with E-state index in [1.165, 1.54) is 37.8 Å². The second kappa shape index (κ2) is 8.04. The summed E-state index contributed by atoms with van der Waals surface area (Å²) < 4.78 is 30.0. The van der Waals surface area contributed by atoms with Gasteiger partial charge in [-0.25, -0.2) is 8.78 Å². The lowest BCUT2D eigenvalue weighted by molar-refractivity contribution is 0.151. The summed E-state index contributed by atoms with van der Waals surface area (Å²) in [5, 5.41) is 0. The van der Waals surface area contributed by atoms with Gasteiger partial charge in [0.1, 0.15) is 5.75 Å². The molecule has 0 saturated carbocycles. The summed E-state index contributed by atoms with van der Waals surface area (Å²) in [6.07, 6.45) is 3.53. The summed E-state index contributed by atoms with van der Waals surface area (Å²) in [6, 6.07) is 6.04. The zero-order valence-corrected chi connectivity index (χ0v) is 10.3. The Kier molecular flexibility index (Phi) is 6.60. The van der Waals surface area contributed by atoms with Crippen molar-refractivity contribution >= 4 is 0 Å². The van der Waals surface area contributed by atoms with Crippen molar-refractivity contribution in [3.05, 3.63) is 29.8 Å². The fourth-order valence-electron chi connectivity index (χ4n) is 1.61. The quantitative estimate of drug-likeness (QED) is 0.584. The third kappa shape index (κ3) is 5.66. The number of alkyl halides is 2. The van der Waals surface area contributed by atoms with Gasteiger partial charge in [0.25, 0.3) is 6.43 Å². The van der Waals surface area contributed by atoms with E-state index in [-0.39, 0.29) is 5.56 Å². The highest BCUT2D eigenvalue weighted by molar-refractivity contribution is 5.27. The number of hydrogen-bond acceptors (Lipinski definition) is 1. The highest BCUT2D eigenvalue weighted by Gasteiger charge is 2.05. The molecule has 1 aromatic rings. The molecular weight excluding hydrogens is 222 g/mol. The third-order valence-corrected chi connectivity index (χ3v) is 2.65. The molecule has 1 rings (SSSR count). The molecule has 0 bridgehead atoms. The summed E-state index contributed by atoms with van der Waals surface area (Å²) >= 11 is 0. The highest BCUT2D eigenvalue weighted by atomic mass is 19.3. The zero-order chi connectivity index (χ0) is 12.5. The summed E-state index contributed by atoms with van der Waals surface area (Å²) in [4.78, 5) is 0. The Morgan fingerprint density at radius 3 is 2.24 bits per heavy atom. The molecule has 3 heteroatoms. The van der Waals surface area contributed by atoms with E-state index < -0.39 is 6.43 Å². The van der Waals surface area contributed by atoms with Gasteiger partial charge in [-0.1, -0.05) is 32.6 Å². The minimum absolute atomic E-state index is 0.0419. The predicted octanol–water partition coefficient (Wildman–Crippen LogP) is 4.97. The van der Waals surface area contributed by atoms with Crippen LogP contribution in [0.3, 0.4) is 0 Å². The first-order chi connectivity index (χ1) is 8.24. The molecule has 0 aliphatic rings. The number of ether oxygens (including phenoxy) is 1. The fourth-order valence-corrected chi connectivity index (χ4v) is 1.61. The van der Waals surface area contributed by atoms with Gasteiger partial charge in [-0.3, -0.25) is 0 Å². The third-order valence-electron chi connectivity index (χ3n) is 2.65. The van der Waals surface area contributed by atoms with Crippen molar-refractivity contribution in [2.24, 2.45) is 0 Å². The van der Waals surface area contributed by atoms with Crippen molar-refractivity contribution in [1.82, 2.24) is 0 Å². The molecule has 0 saturated heterocycles. The van der Waals surface area contributed by atoms with E-state index in [0.717, 1.165) is 6.42 Å². The lowest BCUT2D eigenvalue weighted by atomic mass is 10.2. The van der Waals surface area contributed by atoms with Gasteiger partial charge < -0.3 is 4.74 Å². The van der Waals surface area contributed by atoms with E-state index in [4.69, 9.17) is 4.74 Å². The van der Waals surface area contributed by atoms with Crippen LogP contribution >= 0.6 is 0 Å².